The molecule has 0 aromatic heterocycles. The van der Waals surface area contributed by atoms with Gasteiger partial charge in [0.15, 0.2) is 0 Å². The van der Waals surface area contributed by atoms with E-state index < -0.39 is 0 Å². The normalized spacial score (nSPS) is 10.6. The van der Waals surface area contributed by atoms with Gasteiger partial charge >= 0.3 is 0 Å². The molecular weight excluding hydrogens is 302 g/mol. The molecule has 2 N–H and O–H groups in total. The number of hydrogen-bond donors (Lipinski definition) is 2. The second kappa shape index (κ2) is 6.97. The Hall–Kier alpha value is -3.13. The average Bonchev–Trinajstić information content (AvgIpc) is 2.54. The van der Waals surface area contributed by atoms with Crippen molar-refractivity contribution >= 4 is 17.5 Å². The van der Waals surface area contributed by atoms with Gasteiger partial charge in [0.1, 0.15) is 6.07 Å². The lowest BCUT2D eigenvalue weighted by atomic mass is 10.1. The molecule has 5 heteroatoms. The molecular formula is C19H19N3O2. The van der Waals surface area contributed by atoms with Gasteiger partial charge in [-0.2, -0.15) is 5.26 Å². The number of nitriles is 1. The summed E-state index contributed by atoms with van der Waals surface area (Å²) >= 11 is 0. The Labute approximate surface area is 141 Å². The Kier molecular flexibility index (Phi) is 5.00. The van der Waals surface area contributed by atoms with Crippen molar-refractivity contribution in [2.24, 2.45) is 0 Å². The first-order valence-corrected chi connectivity index (χ1v) is 7.53. The number of rotatable bonds is 3. The van der Waals surface area contributed by atoms with E-state index in [0.29, 0.717) is 22.4 Å². The lowest BCUT2D eigenvalue weighted by Crippen LogP contribution is -2.40. The van der Waals surface area contributed by atoms with E-state index in [2.05, 4.69) is 10.6 Å². The van der Waals surface area contributed by atoms with Gasteiger partial charge in [-0.3, -0.25) is 9.59 Å². The summed E-state index contributed by atoms with van der Waals surface area (Å²) in [7, 11) is 0. The van der Waals surface area contributed by atoms with Gasteiger partial charge in [0, 0.05) is 16.7 Å². The SMILES string of the molecule is CC(C)(C)NC(=O)c1cccc(C(=O)Nc2ccccc2C#N)c1. The Bertz CT molecular complexity index is 814. The summed E-state index contributed by atoms with van der Waals surface area (Å²) in [5.74, 6) is -0.613. The molecule has 0 saturated heterocycles. The standard InChI is InChI=1S/C19H19N3O2/c1-19(2,3)22-18(24)14-9-6-8-13(11-14)17(23)21-16-10-5-4-7-15(16)12-20/h4-11H,1-3H3,(H,21,23)(H,22,24). The van der Waals surface area contributed by atoms with Gasteiger partial charge in [0.2, 0.25) is 0 Å². The first-order chi connectivity index (χ1) is 11.3. The van der Waals surface area contributed by atoms with E-state index in [1.165, 1.54) is 6.07 Å². The molecule has 0 aliphatic heterocycles. The summed E-state index contributed by atoms with van der Waals surface area (Å²) in [4.78, 5) is 24.6. The summed E-state index contributed by atoms with van der Waals surface area (Å²) in [6.45, 7) is 5.67. The Morgan fingerprint density at radius 1 is 0.958 bits per heavy atom. The third-order valence-electron chi connectivity index (χ3n) is 3.17. The van der Waals surface area contributed by atoms with Crippen molar-refractivity contribution < 1.29 is 9.59 Å². The molecule has 2 amide bonds. The highest BCUT2D eigenvalue weighted by atomic mass is 16.2. The Balaban J connectivity index is 2.21. The molecule has 0 aliphatic rings. The predicted molar refractivity (Wildman–Crippen MR) is 92.8 cm³/mol. The van der Waals surface area contributed by atoms with Crippen molar-refractivity contribution in [3.63, 3.8) is 0 Å². The van der Waals surface area contributed by atoms with E-state index in [1.807, 2.05) is 26.8 Å². The van der Waals surface area contributed by atoms with Gasteiger partial charge in [0.05, 0.1) is 11.3 Å². The van der Waals surface area contributed by atoms with E-state index in [4.69, 9.17) is 5.26 Å². The van der Waals surface area contributed by atoms with Crippen LogP contribution in [0.1, 0.15) is 47.1 Å². The molecule has 2 aromatic rings. The van der Waals surface area contributed by atoms with Crippen molar-refractivity contribution in [3.05, 3.63) is 65.2 Å². The average molecular weight is 321 g/mol. The van der Waals surface area contributed by atoms with Crippen molar-refractivity contribution in [2.45, 2.75) is 26.3 Å². The number of nitrogens with zero attached hydrogens (tertiary/aromatic N) is 1. The summed E-state index contributed by atoms with van der Waals surface area (Å²) < 4.78 is 0. The number of anilines is 1. The van der Waals surface area contributed by atoms with Crippen LogP contribution in [-0.2, 0) is 0 Å². The van der Waals surface area contributed by atoms with E-state index in [1.54, 1.807) is 42.5 Å². The zero-order valence-electron chi connectivity index (χ0n) is 13.9. The molecule has 0 fully saturated rings. The lowest BCUT2D eigenvalue weighted by molar-refractivity contribution is 0.0919. The van der Waals surface area contributed by atoms with Crippen LogP contribution >= 0.6 is 0 Å². The molecule has 24 heavy (non-hydrogen) atoms. The summed E-state index contributed by atoms with van der Waals surface area (Å²) in [5, 5.41) is 14.6. The fraction of sp³-hybridized carbons (Fsp3) is 0.211. The van der Waals surface area contributed by atoms with Crippen LogP contribution in [0.25, 0.3) is 0 Å². The molecule has 0 atom stereocenters. The predicted octanol–water partition coefficient (Wildman–Crippen LogP) is 3.34. The number of carbonyl (C=O) groups is 2. The Morgan fingerprint density at radius 2 is 1.58 bits per heavy atom. The maximum atomic E-state index is 12.4. The zero-order chi connectivity index (χ0) is 17.7. The van der Waals surface area contributed by atoms with Gasteiger partial charge in [-0.05, 0) is 51.1 Å². The van der Waals surface area contributed by atoms with Gasteiger partial charge < -0.3 is 10.6 Å². The molecule has 122 valence electrons. The van der Waals surface area contributed by atoms with Crippen LogP contribution in [-0.4, -0.2) is 17.4 Å². The molecule has 0 aliphatic carbocycles. The van der Waals surface area contributed by atoms with Crippen molar-refractivity contribution in [1.82, 2.24) is 5.32 Å². The van der Waals surface area contributed by atoms with Crippen LogP contribution in [0.15, 0.2) is 48.5 Å². The fourth-order valence-electron chi connectivity index (χ4n) is 2.10. The third kappa shape index (κ3) is 4.43. The zero-order valence-corrected chi connectivity index (χ0v) is 13.9. The minimum Gasteiger partial charge on any atom is -0.347 e. The van der Waals surface area contributed by atoms with Crippen molar-refractivity contribution in [2.75, 3.05) is 5.32 Å². The topological polar surface area (TPSA) is 82.0 Å². The van der Waals surface area contributed by atoms with E-state index in [-0.39, 0.29) is 17.4 Å². The van der Waals surface area contributed by atoms with Crippen molar-refractivity contribution in [1.29, 1.82) is 5.26 Å². The largest absolute Gasteiger partial charge is 0.347 e. The van der Waals surface area contributed by atoms with Crippen LogP contribution in [0.3, 0.4) is 0 Å². The Morgan fingerprint density at radius 3 is 2.21 bits per heavy atom. The second-order valence-electron chi connectivity index (χ2n) is 6.40. The van der Waals surface area contributed by atoms with E-state index in [9.17, 15) is 9.59 Å². The van der Waals surface area contributed by atoms with Crippen LogP contribution in [0, 0.1) is 11.3 Å². The maximum absolute atomic E-state index is 12.4. The molecule has 2 aromatic carbocycles. The quantitative estimate of drug-likeness (QED) is 0.909. The molecule has 0 radical (unpaired) electrons. The number of amides is 2. The molecule has 0 spiro atoms. The van der Waals surface area contributed by atoms with Crippen LogP contribution in [0.5, 0.6) is 0 Å². The van der Waals surface area contributed by atoms with Gasteiger partial charge in [-0.1, -0.05) is 18.2 Å². The minimum absolute atomic E-state index is 0.241. The number of carbonyl (C=O) groups excluding carboxylic acids is 2. The first-order valence-electron chi connectivity index (χ1n) is 7.53. The molecule has 0 heterocycles. The van der Waals surface area contributed by atoms with E-state index in [0.717, 1.165) is 0 Å². The third-order valence-corrected chi connectivity index (χ3v) is 3.17. The highest BCUT2D eigenvalue weighted by molar-refractivity contribution is 6.06. The summed E-state index contributed by atoms with van der Waals surface area (Å²) in [6, 6.07) is 15.2. The highest BCUT2D eigenvalue weighted by Gasteiger charge is 2.17. The summed E-state index contributed by atoms with van der Waals surface area (Å²) in [5.41, 5.74) is 1.22. The van der Waals surface area contributed by atoms with Crippen LogP contribution in [0.4, 0.5) is 5.69 Å². The first kappa shape index (κ1) is 17.2. The van der Waals surface area contributed by atoms with E-state index >= 15 is 0 Å². The molecule has 0 bridgehead atoms. The number of benzene rings is 2. The van der Waals surface area contributed by atoms with Crippen LogP contribution < -0.4 is 10.6 Å². The lowest BCUT2D eigenvalue weighted by Gasteiger charge is -2.20. The highest BCUT2D eigenvalue weighted by Crippen LogP contribution is 2.16. The fourth-order valence-corrected chi connectivity index (χ4v) is 2.10. The van der Waals surface area contributed by atoms with Crippen molar-refractivity contribution in [3.8, 4) is 6.07 Å². The van der Waals surface area contributed by atoms with Gasteiger partial charge in [-0.15, -0.1) is 0 Å². The molecule has 2 rings (SSSR count). The summed E-state index contributed by atoms with van der Waals surface area (Å²) in [6.07, 6.45) is 0. The smallest absolute Gasteiger partial charge is 0.255 e. The molecule has 0 saturated carbocycles. The number of hydrogen-bond acceptors (Lipinski definition) is 3. The molecule has 0 unspecified atom stereocenters. The minimum atomic E-state index is -0.372. The second-order valence-corrected chi connectivity index (χ2v) is 6.40. The molecule has 5 nitrogen and oxygen atoms in total. The van der Waals surface area contributed by atoms with Gasteiger partial charge in [-0.25, -0.2) is 0 Å². The van der Waals surface area contributed by atoms with Crippen LogP contribution in [0.2, 0.25) is 0 Å². The van der Waals surface area contributed by atoms with Gasteiger partial charge in [0.25, 0.3) is 11.8 Å². The monoisotopic (exact) mass is 321 g/mol. The number of para-hydroxylation sites is 1. The maximum Gasteiger partial charge on any atom is 0.255 e. The number of nitrogens with one attached hydrogen (secondary N) is 2.